The molecule has 3 rings (SSSR count). The summed E-state index contributed by atoms with van der Waals surface area (Å²) in [5.41, 5.74) is 12.8. The molecule has 5 N–H and O–H groups in total. The number of nitrogens with zero attached hydrogens (tertiary/aromatic N) is 4. The molecule has 1 aromatic heterocycles. The summed E-state index contributed by atoms with van der Waals surface area (Å²) in [6.07, 6.45) is 10.7. The highest BCUT2D eigenvalue weighted by Gasteiger charge is 2.37. The van der Waals surface area contributed by atoms with E-state index >= 15 is 0 Å². The van der Waals surface area contributed by atoms with Gasteiger partial charge >= 0.3 is 0 Å². The van der Waals surface area contributed by atoms with Crippen molar-refractivity contribution < 1.29 is 13.6 Å². The number of hydrogen-bond donors (Lipinski definition) is 3. The van der Waals surface area contributed by atoms with Gasteiger partial charge in [0, 0.05) is 36.8 Å². The number of benzene rings is 1. The summed E-state index contributed by atoms with van der Waals surface area (Å²) < 4.78 is 27.0. The third-order valence-corrected chi connectivity index (χ3v) is 5.42. The summed E-state index contributed by atoms with van der Waals surface area (Å²) in [6.45, 7) is 2.49. The van der Waals surface area contributed by atoms with Crippen LogP contribution < -0.4 is 21.7 Å². The van der Waals surface area contributed by atoms with E-state index in [-0.39, 0.29) is 17.9 Å². The maximum absolute atomic E-state index is 13.9. The molecule has 0 bridgehead atoms. The van der Waals surface area contributed by atoms with Gasteiger partial charge in [-0.2, -0.15) is 5.26 Å². The van der Waals surface area contributed by atoms with Crippen LogP contribution in [0.5, 0.6) is 0 Å². The highest BCUT2D eigenvalue weighted by molar-refractivity contribution is 5.94. The van der Waals surface area contributed by atoms with Crippen molar-refractivity contribution in [3.05, 3.63) is 65.0 Å². The Bertz CT molecular complexity index is 1260. The summed E-state index contributed by atoms with van der Waals surface area (Å²) in [5.74, 6) is 0.798. The first-order valence-corrected chi connectivity index (χ1v) is 10.3. The molecule has 1 saturated heterocycles. The minimum atomic E-state index is -0.952. The van der Waals surface area contributed by atoms with E-state index in [0.717, 1.165) is 12.1 Å². The standard InChI is InChI=1S/C24H23F2N7O/c1-3-16(5-4-15(2)11-27)20-21(28)31-14-32-22(20)33-9-8-24(29,13-33)12-30-23(34)18-7-6-17(25)10-19(18)26/h1,4-7,10,14H,8-9,12-13,29H2,2H3,(H,30,34)(H2,28,31,32)/b15-4+,16-5+. The Hall–Kier alpha value is -4.28. The molecule has 0 spiro atoms. The van der Waals surface area contributed by atoms with Crippen LogP contribution in [0, 0.1) is 35.3 Å². The lowest BCUT2D eigenvalue weighted by atomic mass is 10.00. The molecule has 0 radical (unpaired) electrons. The number of nitriles is 1. The lowest BCUT2D eigenvalue weighted by Crippen LogP contribution is -2.52. The number of carbonyl (C=O) groups is 1. The van der Waals surface area contributed by atoms with E-state index in [9.17, 15) is 13.6 Å². The van der Waals surface area contributed by atoms with E-state index in [4.69, 9.17) is 23.2 Å². The van der Waals surface area contributed by atoms with E-state index in [2.05, 4.69) is 21.2 Å². The fraction of sp³-hybridized carbons (Fsp3) is 0.250. The van der Waals surface area contributed by atoms with Crippen molar-refractivity contribution in [2.45, 2.75) is 18.9 Å². The SMILES string of the molecule is C#C/C(=C\C=C(/C)C#N)c1c(N)ncnc1N1CCC(N)(CNC(=O)c2ccc(F)cc2F)C1. The largest absolute Gasteiger partial charge is 0.383 e. The van der Waals surface area contributed by atoms with E-state index < -0.39 is 23.1 Å². The second-order valence-corrected chi connectivity index (χ2v) is 7.98. The minimum Gasteiger partial charge on any atom is -0.383 e. The number of hydrogen-bond acceptors (Lipinski definition) is 7. The molecule has 1 unspecified atom stereocenters. The van der Waals surface area contributed by atoms with Crippen molar-refractivity contribution in [2.75, 3.05) is 30.3 Å². The molecular weight excluding hydrogens is 440 g/mol. The molecule has 8 nitrogen and oxygen atoms in total. The van der Waals surface area contributed by atoms with Gasteiger partial charge in [0.15, 0.2) is 0 Å². The highest BCUT2D eigenvalue weighted by atomic mass is 19.1. The number of allylic oxidation sites excluding steroid dienone is 4. The molecule has 2 heterocycles. The van der Waals surface area contributed by atoms with Crippen molar-refractivity contribution in [2.24, 2.45) is 5.73 Å². The third-order valence-electron chi connectivity index (χ3n) is 5.42. The average Bonchev–Trinajstić information content (AvgIpc) is 3.20. The van der Waals surface area contributed by atoms with Crippen LogP contribution in [0.15, 0.2) is 42.3 Å². The van der Waals surface area contributed by atoms with Gasteiger partial charge in [-0.3, -0.25) is 4.79 Å². The molecule has 1 aliphatic rings. The summed E-state index contributed by atoms with van der Waals surface area (Å²) in [4.78, 5) is 22.6. The van der Waals surface area contributed by atoms with Gasteiger partial charge in [0.25, 0.3) is 5.91 Å². The molecule has 2 aromatic rings. The van der Waals surface area contributed by atoms with Crippen LogP contribution in [0.1, 0.15) is 29.3 Å². The van der Waals surface area contributed by atoms with Gasteiger partial charge in [-0.1, -0.05) is 5.92 Å². The second-order valence-electron chi connectivity index (χ2n) is 7.98. The molecule has 1 fully saturated rings. The Morgan fingerprint density at radius 2 is 2.15 bits per heavy atom. The van der Waals surface area contributed by atoms with E-state index in [1.807, 2.05) is 11.0 Å². The number of nitrogens with two attached hydrogens (primary N) is 2. The summed E-state index contributed by atoms with van der Waals surface area (Å²) >= 11 is 0. The van der Waals surface area contributed by atoms with Crippen LogP contribution in [0.25, 0.3) is 5.57 Å². The van der Waals surface area contributed by atoms with Crippen LogP contribution in [0.2, 0.25) is 0 Å². The van der Waals surface area contributed by atoms with Gasteiger partial charge in [0.1, 0.15) is 29.6 Å². The topological polar surface area (TPSA) is 134 Å². The first kappa shape index (κ1) is 24.4. The molecule has 0 saturated carbocycles. The monoisotopic (exact) mass is 463 g/mol. The number of aromatic nitrogens is 2. The average molecular weight is 463 g/mol. The first-order chi connectivity index (χ1) is 16.2. The van der Waals surface area contributed by atoms with Crippen molar-refractivity contribution in [1.82, 2.24) is 15.3 Å². The van der Waals surface area contributed by atoms with Gasteiger partial charge in [-0.05, 0) is 37.6 Å². The van der Waals surface area contributed by atoms with E-state index in [1.54, 1.807) is 19.1 Å². The Labute approximate surface area is 196 Å². The lowest BCUT2D eigenvalue weighted by Gasteiger charge is -2.26. The molecule has 10 heteroatoms. The van der Waals surface area contributed by atoms with Crippen LogP contribution in [0.4, 0.5) is 20.4 Å². The fourth-order valence-corrected chi connectivity index (χ4v) is 3.58. The third kappa shape index (κ3) is 5.37. The van der Waals surface area contributed by atoms with Crippen LogP contribution in [-0.2, 0) is 0 Å². The highest BCUT2D eigenvalue weighted by Crippen LogP contribution is 2.32. The number of terminal acetylenes is 1. The molecular formula is C24H23F2N7O. The number of amides is 1. The zero-order valence-electron chi connectivity index (χ0n) is 18.5. The quantitative estimate of drug-likeness (QED) is 0.340. The zero-order valence-corrected chi connectivity index (χ0v) is 18.5. The normalized spacial score (nSPS) is 18.4. The summed E-state index contributed by atoms with van der Waals surface area (Å²) in [7, 11) is 0. The molecule has 1 atom stereocenters. The molecule has 1 amide bonds. The van der Waals surface area contributed by atoms with Crippen LogP contribution in [-0.4, -0.2) is 41.0 Å². The number of anilines is 2. The van der Waals surface area contributed by atoms with E-state index in [1.165, 1.54) is 6.33 Å². The van der Waals surface area contributed by atoms with Crippen LogP contribution in [0.3, 0.4) is 0 Å². The lowest BCUT2D eigenvalue weighted by molar-refractivity contribution is 0.0941. The molecule has 0 aliphatic carbocycles. The van der Waals surface area contributed by atoms with Crippen molar-refractivity contribution in [1.29, 1.82) is 5.26 Å². The van der Waals surface area contributed by atoms with Gasteiger partial charge < -0.3 is 21.7 Å². The Balaban J connectivity index is 1.80. The predicted octanol–water partition coefficient (Wildman–Crippen LogP) is 2.16. The number of nitrogen functional groups attached to an aromatic ring is 1. The Kier molecular flexibility index (Phi) is 7.24. The zero-order chi connectivity index (χ0) is 24.9. The Morgan fingerprint density at radius 3 is 2.82 bits per heavy atom. The van der Waals surface area contributed by atoms with Crippen molar-refractivity contribution in [3.63, 3.8) is 0 Å². The molecule has 174 valence electrons. The fourth-order valence-electron chi connectivity index (χ4n) is 3.58. The summed E-state index contributed by atoms with van der Waals surface area (Å²) in [5, 5.41) is 11.6. The first-order valence-electron chi connectivity index (χ1n) is 10.3. The number of halogens is 2. The smallest absolute Gasteiger partial charge is 0.254 e. The van der Waals surface area contributed by atoms with E-state index in [0.29, 0.717) is 48.1 Å². The number of rotatable bonds is 6. The predicted molar refractivity (Wildman–Crippen MR) is 125 cm³/mol. The second kappa shape index (κ2) is 10.1. The van der Waals surface area contributed by atoms with Gasteiger partial charge in [0.2, 0.25) is 0 Å². The summed E-state index contributed by atoms with van der Waals surface area (Å²) in [6, 6.07) is 4.75. The Morgan fingerprint density at radius 1 is 1.38 bits per heavy atom. The molecule has 34 heavy (non-hydrogen) atoms. The number of carbonyl (C=O) groups excluding carboxylic acids is 1. The maximum Gasteiger partial charge on any atom is 0.254 e. The van der Waals surface area contributed by atoms with Crippen molar-refractivity contribution in [3.8, 4) is 18.4 Å². The minimum absolute atomic E-state index is 0.0526. The molecule has 1 aromatic carbocycles. The van der Waals surface area contributed by atoms with Gasteiger partial charge in [-0.15, -0.1) is 6.42 Å². The van der Waals surface area contributed by atoms with Gasteiger partial charge in [-0.25, -0.2) is 18.7 Å². The van der Waals surface area contributed by atoms with Crippen LogP contribution >= 0.6 is 0 Å². The number of nitrogens with one attached hydrogen (secondary N) is 1. The maximum atomic E-state index is 13.9. The van der Waals surface area contributed by atoms with Gasteiger partial charge in [0.05, 0.1) is 22.7 Å². The molecule has 1 aliphatic heterocycles. The van der Waals surface area contributed by atoms with Crippen molar-refractivity contribution >= 4 is 23.1 Å².